The van der Waals surface area contributed by atoms with Crippen LogP contribution in [0.4, 0.5) is 0 Å². The van der Waals surface area contributed by atoms with Crippen LogP contribution < -0.4 is 4.74 Å². The molecular formula is C11H10O3. The lowest BCUT2D eigenvalue weighted by Crippen LogP contribution is -1.94. The number of aldehydes is 1. The van der Waals surface area contributed by atoms with Gasteiger partial charge in [-0.05, 0) is 24.3 Å². The lowest BCUT2D eigenvalue weighted by Gasteiger charge is -2.00. The minimum atomic E-state index is -0.159. The van der Waals surface area contributed by atoms with Crippen molar-refractivity contribution in [2.45, 2.75) is 0 Å². The van der Waals surface area contributed by atoms with E-state index < -0.39 is 0 Å². The van der Waals surface area contributed by atoms with Gasteiger partial charge in [-0.15, -0.1) is 0 Å². The fourth-order valence-corrected chi connectivity index (χ4v) is 0.869. The maximum Gasteiger partial charge on any atom is 0.150 e. The minimum absolute atomic E-state index is 0.159. The third-order valence-electron chi connectivity index (χ3n) is 1.53. The largest absolute Gasteiger partial charge is 0.481 e. The summed E-state index contributed by atoms with van der Waals surface area (Å²) in [5.41, 5.74) is 0.610. The molecule has 0 saturated heterocycles. The quantitative estimate of drug-likeness (QED) is 0.568. The lowest BCUT2D eigenvalue weighted by molar-refractivity contribution is 0.112. The Morgan fingerprint density at radius 1 is 1.29 bits per heavy atom. The lowest BCUT2D eigenvalue weighted by atomic mass is 10.2. The molecule has 0 aliphatic rings. The van der Waals surface area contributed by atoms with Crippen LogP contribution >= 0.6 is 0 Å². The van der Waals surface area contributed by atoms with E-state index in [-0.39, 0.29) is 13.2 Å². The summed E-state index contributed by atoms with van der Waals surface area (Å²) in [6, 6.07) is 6.73. The first-order valence-electron chi connectivity index (χ1n) is 4.11. The smallest absolute Gasteiger partial charge is 0.150 e. The van der Waals surface area contributed by atoms with Crippen molar-refractivity contribution in [3.63, 3.8) is 0 Å². The Hall–Kier alpha value is -1.79. The molecule has 0 radical (unpaired) electrons. The monoisotopic (exact) mass is 190 g/mol. The van der Waals surface area contributed by atoms with Crippen LogP contribution in [0.3, 0.4) is 0 Å². The summed E-state index contributed by atoms with van der Waals surface area (Å²) in [5, 5.41) is 8.36. The van der Waals surface area contributed by atoms with Crippen LogP contribution in [0.5, 0.6) is 5.75 Å². The number of carbonyl (C=O) groups excluding carboxylic acids is 1. The molecule has 0 saturated carbocycles. The van der Waals surface area contributed by atoms with Crippen LogP contribution in [-0.2, 0) is 0 Å². The van der Waals surface area contributed by atoms with Crippen LogP contribution in [0.15, 0.2) is 24.3 Å². The minimum Gasteiger partial charge on any atom is -0.481 e. The zero-order valence-electron chi connectivity index (χ0n) is 7.56. The molecular weight excluding hydrogens is 180 g/mol. The predicted octanol–water partition coefficient (Wildman–Crippen LogP) is 0.874. The Morgan fingerprint density at radius 2 is 2.00 bits per heavy atom. The van der Waals surface area contributed by atoms with Crippen molar-refractivity contribution in [1.82, 2.24) is 0 Å². The fourth-order valence-electron chi connectivity index (χ4n) is 0.869. The van der Waals surface area contributed by atoms with Crippen molar-refractivity contribution < 1.29 is 14.6 Å². The highest BCUT2D eigenvalue weighted by atomic mass is 16.5. The second-order valence-corrected chi connectivity index (χ2v) is 2.49. The van der Waals surface area contributed by atoms with Gasteiger partial charge in [0.2, 0.25) is 0 Å². The molecule has 0 bridgehead atoms. The van der Waals surface area contributed by atoms with Crippen molar-refractivity contribution in [3.05, 3.63) is 29.8 Å². The van der Waals surface area contributed by atoms with E-state index in [1.165, 1.54) is 0 Å². The molecule has 72 valence electrons. The number of ether oxygens (including phenoxy) is 1. The summed E-state index contributed by atoms with van der Waals surface area (Å²) in [6.45, 7) is 0.0778. The SMILES string of the molecule is O=Cc1ccc(OCC#CCO)cc1. The molecule has 0 amide bonds. The van der Waals surface area contributed by atoms with E-state index in [2.05, 4.69) is 11.8 Å². The van der Waals surface area contributed by atoms with E-state index in [0.29, 0.717) is 11.3 Å². The number of hydrogen-bond acceptors (Lipinski definition) is 3. The molecule has 0 fully saturated rings. The van der Waals surface area contributed by atoms with Gasteiger partial charge in [0.25, 0.3) is 0 Å². The van der Waals surface area contributed by atoms with Gasteiger partial charge in [0.1, 0.15) is 25.2 Å². The summed E-state index contributed by atoms with van der Waals surface area (Å²) in [7, 11) is 0. The van der Waals surface area contributed by atoms with Gasteiger partial charge in [0, 0.05) is 5.56 Å². The summed E-state index contributed by atoms with van der Waals surface area (Å²) >= 11 is 0. The molecule has 1 rings (SSSR count). The van der Waals surface area contributed by atoms with E-state index in [4.69, 9.17) is 9.84 Å². The van der Waals surface area contributed by atoms with Gasteiger partial charge in [0.05, 0.1) is 0 Å². The average Bonchev–Trinajstić information content (AvgIpc) is 2.25. The second kappa shape index (κ2) is 5.79. The Bertz CT molecular complexity index is 343. The first kappa shape index (κ1) is 10.3. The molecule has 1 aromatic carbocycles. The highest BCUT2D eigenvalue weighted by Gasteiger charge is 1.92. The van der Waals surface area contributed by atoms with E-state index in [1.54, 1.807) is 24.3 Å². The number of benzene rings is 1. The topological polar surface area (TPSA) is 46.5 Å². The number of carbonyl (C=O) groups is 1. The molecule has 0 heterocycles. The number of hydrogen-bond donors (Lipinski definition) is 1. The maximum atomic E-state index is 10.3. The highest BCUT2D eigenvalue weighted by Crippen LogP contribution is 2.10. The fraction of sp³-hybridized carbons (Fsp3) is 0.182. The molecule has 3 nitrogen and oxygen atoms in total. The maximum absolute atomic E-state index is 10.3. The number of rotatable bonds is 3. The predicted molar refractivity (Wildman–Crippen MR) is 52.2 cm³/mol. The van der Waals surface area contributed by atoms with E-state index >= 15 is 0 Å². The summed E-state index contributed by atoms with van der Waals surface area (Å²) in [6.07, 6.45) is 0.773. The molecule has 0 aliphatic heterocycles. The first-order chi connectivity index (χ1) is 6.86. The third kappa shape index (κ3) is 3.30. The normalized spacial score (nSPS) is 8.64. The number of aliphatic hydroxyl groups excluding tert-OH is 1. The standard InChI is InChI=1S/C11H10O3/c12-7-1-2-8-14-11-5-3-10(9-13)4-6-11/h3-6,9,12H,7-8H2. The van der Waals surface area contributed by atoms with Crippen LogP contribution in [0.25, 0.3) is 0 Å². The van der Waals surface area contributed by atoms with E-state index in [1.807, 2.05) is 0 Å². The van der Waals surface area contributed by atoms with Gasteiger partial charge in [-0.3, -0.25) is 4.79 Å². The molecule has 1 N–H and O–H groups in total. The van der Waals surface area contributed by atoms with Crippen molar-refractivity contribution >= 4 is 6.29 Å². The Morgan fingerprint density at radius 3 is 2.57 bits per heavy atom. The molecule has 0 spiro atoms. The van der Waals surface area contributed by atoms with Gasteiger partial charge in [0.15, 0.2) is 0 Å². The van der Waals surface area contributed by atoms with Crippen molar-refractivity contribution in [3.8, 4) is 17.6 Å². The number of aliphatic hydroxyl groups is 1. The zero-order valence-corrected chi connectivity index (χ0v) is 7.56. The summed E-state index contributed by atoms with van der Waals surface area (Å²) < 4.78 is 5.21. The molecule has 0 aliphatic carbocycles. The van der Waals surface area contributed by atoms with Gasteiger partial charge >= 0.3 is 0 Å². The van der Waals surface area contributed by atoms with Crippen LogP contribution in [0, 0.1) is 11.8 Å². The third-order valence-corrected chi connectivity index (χ3v) is 1.53. The van der Waals surface area contributed by atoms with Gasteiger partial charge in [-0.25, -0.2) is 0 Å². The van der Waals surface area contributed by atoms with E-state index in [9.17, 15) is 4.79 Å². The van der Waals surface area contributed by atoms with Crippen LogP contribution in [-0.4, -0.2) is 24.6 Å². The molecule has 0 atom stereocenters. The Labute approximate surface area is 82.3 Å². The molecule has 0 aromatic heterocycles. The van der Waals surface area contributed by atoms with Crippen molar-refractivity contribution in [2.75, 3.05) is 13.2 Å². The second-order valence-electron chi connectivity index (χ2n) is 2.49. The Kier molecular flexibility index (Phi) is 4.25. The van der Waals surface area contributed by atoms with Crippen molar-refractivity contribution in [1.29, 1.82) is 0 Å². The highest BCUT2D eigenvalue weighted by molar-refractivity contribution is 5.74. The van der Waals surface area contributed by atoms with Gasteiger partial charge < -0.3 is 9.84 Å². The Balaban J connectivity index is 2.47. The average molecular weight is 190 g/mol. The summed E-state index contributed by atoms with van der Waals surface area (Å²) in [4.78, 5) is 10.3. The van der Waals surface area contributed by atoms with Gasteiger partial charge in [-0.2, -0.15) is 0 Å². The van der Waals surface area contributed by atoms with E-state index in [0.717, 1.165) is 6.29 Å². The zero-order chi connectivity index (χ0) is 10.2. The molecule has 3 heteroatoms. The van der Waals surface area contributed by atoms with Crippen molar-refractivity contribution in [2.24, 2.45) is 0 Å². The molecule has 14 heavy (non-hydrogen) atoms. The molecule has 0 unspecified atom stereocenters. The summed E-state index contributed by atoms with van der Waals surface area (Å²) in [5.74, 6) is 5.74. The van der Waals surface area contributed by atoms with Gasteiger partial charge in [-0.1, -0.05) is 11.8 Å². The van der Waals surface area contributed by atoms with Crippen LogP contribution in [0.1, 0.15) is 10.4 Å². The first-order valence-corrected chi connectivity index (χ1v) is 4.11. The van der Waals surface area contributed by atoms with Crippen LogP contribution in [0.2, 0.25) is 0 Å². The molecule has 1 aromatic rings.